The van der Waals surface area contributed by atoms with Crippen molar-refractivity contribution in [3.63, 3.8) is 0 Å². The molecular formula is C11H21Cl. The highest BCUT2D eigenvalue weighted by atomic mass is 35.5. The van der Waals surface area contributed by atoms with Crippen LogP contribution in [-0.2, 0) is 0 Å². The molecular weight excluding hydrogens is 168 g/mol. The SMILES string of the molecule is CC(C)CC1CCCC(Cl)CC1. The molecule has 0 aliphatic heterocycles. The van der Waals surface area contributed by atoms with E-state index in [1.165, 1.54) is 38.5 Å². The fourth-order valence-electron chi connectivity index (χ4n) is 2.24. The Balaban J connectivity index is 2.26. The van der Waals surface area contributed by atoms with E-state index >= 15 is 0 Å². The van der Waals surface area contributed by atoms with Gasteiger partial charge in [-0.1, -0.05) is 26.7 Å². The lowest BCUT2D eigenvalue weighted by atomic mass is 9.91. The molecule has 1 aliphatic rings. The van der Waals surface area contributed by atoms with Gasteiger partial charge in [0.2, 0.25) is 0 Å². The highest BCUT2D eigenvalue weighted by molar-refractivity contribution is 6.20. The Morgan fingerprint density at radius 3 is 2.58 bits per heavy atom. The van der Waals surface area contributed by atoms with Gasteiger partial charge in [-0.05, 0) is 37.5 Å². The molecule has 1 fully saturated rings. The molecule has 0 spiro atoms. The molecule has 0 aromatic heterocycles. The van der Waals surface area contributed by atoms with Gasteiger partial charge in [0.05, 0.1) is 0 Å². The van der Waals surface area contributed by atoms with Crippen LogP contribution in [0.25, 0.3) is 0 Å². The molecule has 2 unspecified atom stereocenters. The molecule has 0 nitrogen and oxygen atoms in total. The van der Waals surface area contributed by atoms with E-state index in [9.17, 15) is 0 Å². The summed E-state index contributed by atoms with van der Waals surface area (Å²) in [6.07, 6.45) is 8.04. The zero-order chi connectivity index (χ0) is 8.97. The predicted molar refractivity (Wildman–Crippen MR) is 55.7 cm³/mol. The van der Waals surface area contributed by atoms with Gasteiger partial charge in [-0.25, -0.2) is 0 Å². The van der Waals surface area contributed by atoms with Crippen LogP contribution in [0.4, 0.5) is 0 Å². The van der Waals surface area contributed by atoms with Gasteiger partial charge in [0.25, 0.3) is 0 Å². The van der Waals surface area contributed by atoms with Crippen LogP contribution >= 0.6 is 11.6 Å². The first-order valence-electron chi connectivity index (χ1n) is 5.32. The molecule has 2 atom stereocenters. The summed E-state index contributed by atoms with van der Waals surface area (Å²) in [4.78, 5) is 0. The van der Waals surface area contributed by atoms with E-state index in [4.69, 9.17) is 11.6 Å². The van der Waals surface area contributed by atoms with Crippen molar-refractivity contribution in [3.05, 3.63) is 0 Å². The molecule has 1 aliphatic carbocycles. The summed E-state index contributed by atoms with van der Waals surface area (Å²) in [5, 5.41) is 0.474. The first-order valence-corrected chi connectivity index (χ1v) is 5.76. The maximum absolute atomic E-state index is 6.12. The van der Waals surface area contributed by atoms with Gasteiger partial charge < -0.3 is 0 Å². The summed E-state index contributed by atoms with van der Waals surface area (Å²) in [6.45, 7) is 4.64. The molecule has 0 aromatic carbocycles. The molecule has 1 saturated carbocycles. The summed E-state index contributed by atoms with van der Waals surface area (Å²) in [5.41, 5.74) is 0. The summed E-state index contributed by atoms with van der Waals surface area (Å²) < 4.78 is 0. The second-order valence-corrected chi connectivity index (χ2v) is 5.22. The average Bonchev–Trinajstić information content (AvgIpc) is 2.15. The van der Waals surface area contributed by atoms with Gasteiger partial charge in [-0.2, -0.15) is 0 Å². The number of alkyl halides is 1. The maximum atomic E-state index is 6.12. The van der Waals surface area contributed by atoms with Crippen molar-refractivity contribution in [2.75, 3.05) is 0 Å². The molecule has 1 heteroatoms. The van der Waals surface area contributed by atoms with Crippen molar-refractivity contribution in [1.82, 2.24) is 0 Å². The lowest BCUT2D eigenvalue weighted by molar-refractivity contribution is 0.370. The summed E-state index contributed by atoms with van der Waals surface area (Å²) in [7, 11) is 0. The van der Waals surface area contributed by atoms with Crippen LogP contribution in [0.1, 0.15) is 52.4 Å². The highest BCUT2D eigenvalue weighted by Crippen LogP contribution is 2.30. The van der Waals surface area contributed by atoms with E-state index < -0.39 is 0 Å². The van der Waals surface area contributed by atoms with Gasteiger partial charge >= 0.3 is 0 Å². The van der Waals surface area contributed by atoms with Gasteiger partial charge in [-0.3, -0.25) is 0 Å². The Morgan fingerprint density at radius 1 is 1.17 bits per heavy atom. The molecule has 1 rings (SSSR count). The quantitative estimate of drug-likeness (QED) is 0.450. The normalized spacial score (nSPS) is 32.0. The Labute approximate surface area is 81.7 Å². The Hall–Kier alpha value is 0.290. The van der Waals surface area contributed by atoms with Gasteiger partial charge in [0, 0.05) is 5.38 Å². The minimum atomic E-state index is 0.474. The van der Waals surface area contributed by atoms with Crippen molar-refractivity contribution in [3.8, 4) is 0 Å². The second-order valence-electron chi connectivity index (χ2n) is 4.60. The summed E-state index contributed by atoms with van der Waals surface area (Å²) in [6, 6.07) is 0. The van der Waals surface area contributed by atoms with E-state index in [1.807, 2.05) is 0 Å². The highest BCUT2D eigenvalue weighted by Gasteiger charge is 2.17. The first kappa shape index (κ1) is 10.4. The molecule has 72 valence electrons. The molecule has 0 bridgehead atoms. The van der Waals surface area contributed by atoms with Crippen molar-refractivity contribution in [2.45, 2.75) is 57.7 Å². The van der Waals surface area contributed by atoms with Crippen molar-refractivity contribution in [1.29, 1.82) is 0 Å². The van der Waals surface area contributed by atoms with Crippen LogP contribution in [0.2, 0.25) is 0 Å². The Bertz CT molecular complexity index is 120. The van der Waals surface area contributed by atoms with Crippen LogP contribution < -0.4 is 0 Å². The van der Waals surface area contributed by atoms with E-state index in [2.05, 4.69) is 13.8 Å². The van der Waals surface area contributed by atoms with Gasteiger partial charge in [-0.15, -0.1) is 11.6 Å². The second kappa shape index (κ2) is 5.11. The fraction of sp³-hybridized carbons (Fsp3) is 1.00. The molecule has 0 heterocycles. The molecule has 12 heavy (non-hydrogen) atoms. The van der Waals surface area contributed by atoms with E-state index in [0.717, 1.165) is 11.8 Å². The van der Waals surface area contributed by atoms with E-state index in [0.29, 0.717) is 5.38 Å². The minimum absolute atomic E-state index is 0.474. The third-order valence-electron chi connectivity index (χ3n) is 2.82. The molecule has 0 radical (unpaired) electrons. The zero-order valence-corrected chi connectivity index (χ0v) is 9.11. The standard InChI is InChI=1S/C11H21Cl/c1-9(2)8-10-4-3-5-11(12)7-6-10/h9-11H,3-8H2,1-2H3. The predicted octanol–water partition coefficient (Wildman–Crippen LogP) is 4.22. The third kappa shape index (κ3) is 3.80. The zero-order valence-electron chi connectivity index (χ0n) is 8.35. The Kier molecular flexibility index (Phi) is 4.42. The number of hydrogen-bond donors (Lipinski definition) is 0. The number of rotatable bonds is 2. The smallest absolute Gasteiger partial charge is 0.0336 e. The van der Waals surface area contributed by atoms with Crippen molar-refractivity contribution < 1.29 is 0 Å². The number of hydrogen-bond acceptors (Lipinski definition) is 0. The summed E-state index contributed by atoms with van der Waals surface area (Å²) in [5.74, 6) is 1.83. The largest absolute Gasteiger partial charge is 0.123 e. The van der Waals surface area contributed by atoms with Crippen LogP contribution in [0.3, 0.4) is 0 Å². The monoisotopic (exact) mass is 188 g/mol. The lowest BCUT2D eigenvalue weighted by Gasteiger charge is -2.15. The third-order valence-corrected chi connectivity index (χ3v) is 3.26. The Morgan fingerprint density at radius 2 is 1.92 bits per heavy atom. The fourth-order valence-corrected chi connectivity index (χ4v) is 2.52. The van der Waals surface area contributed by atoms with Gasteiger partial charge in [0.1, 0.15) is 0 Å². The molecule has 0 amide bonds. The van der Waals surface area contributed by atoms with Crippen molar-refractivity contribution in [2.24, 2.45) is 11.8 Å². The molecule has 0 N–H and O–H groups in total. The lowest BCUT2D eigenvalue weighted by Crippen LogP contribution is -2.03. The average molecular weight is 189 g/mol. The van der Waals surface area contributed by atoms with Crippen LogP contribution in [0.15, 0.2) is 0 Å². The van der Waals surface area contributed by atoms with Gasteiger partial charge in [0.15, 0.2) is 0 Å². The van der Waals surface area contributed by atoms with Crippen LogP contribution in [-0.4, -0.2) is 5.38 Å². The topological polar surface area (TPSA) is 0 Å². The number of halogens is 1. The van der Waals surface area contributed by atoms with Crippen molar-refractivity contribution >= 4 is 11.6 Å². The summed E-state index contributed by atoms with van der Waals surface area (Å²) >= 11 is 6.12. The molecule has 0 aromatic rings. The van der Waals surface area contributed by atoms with E-state index in [-0.39, 0.29) is 0 Å². The van der Waals surface area contributed by atoms with Crippen LogP contribution in [0.5, 0.6) is 0 Å². The first-order chi connectivity index (χ1) is 5.68. The maximum Gasteiger partial charge on any atom is 0.0336 e. The van der Waals surface area contributed by atoms with E-state index in [1.54, 1.807) is 0 Å². The van der Waals surface area contributed by atoms with Crippen LogP contribution in [0, 0.1) is 11.8 Å². The molecule has 0 saturated heterocycles. The minimum Gasteiger partial charge on any atom is -0.123 e.